The van der Waals surface area contributed by atoms with Crippen molar-refractivity contribution in [3.8, 4) is 11.5 Å². The predicted octanol–water partition coefficient (Wildman–Crippen LogP) is 1.94. The van der Waals surface area contributed by atoms with Gasteiger partial charge < -0.3 is 48.1 Å². The van der Waals surface area contributed by atoms with Gasteiger partial charge in [0.15, 0.2) is 0 Å². The Kier molecular flexibility index (Phi) is 16.1. The van der Waals surface area contributed by atoms with Crippen LogP contribution in [0.4, 0.5) is 0 Å². The molecule has 0 aromatic heterocycles. The third kappa shape index (κ3) is 10.5. The number of hydrogen-bond acceptors (Lipinski definition) is 10. The lowest BCUT2D eigenvalue weighted by molar-refractivity contribution is 0.0178. The van der Waals surface area contributed by atoms with Crippen molar-refractivity contribution < 1.29 is 48.1 Å². The summed E-state index contributed by atoms with van der Waals surface area (Å²) in [5, 5.41) is 21.6. The molecule has 2 N–H and O–H groups in total. The van der Waals surface area contributed by atoms with E-state index >= 15 is 0 Å². The number of ether oxygens (including phenoxy) is 8. The molecule has 0 aliphatic carbocycles. The molecule has 204 valence electrons. The molecule has 0 fully saturated rings. The van der Waals surface area contributed by atoms with E-state index in [1.165, 1.54) is 0 Å². The van der Waals surface area contributed by atoms with Gasteiger partial charge in [-0.05, 0) is 22.9 Å². The van der Waals surface area contributed by atoms with Crippen LogP contribution in [0, 0.1) is 0 Å². The standard InChI is InChI=1S/C26H40O10/c1-29-7-9-31-11-13-33-15-17-35-25-5-3-22-21(23(25)19-27)4-6-26(24(22)20-28)36-18-16-34-14-12-32-10-8-30-2/h3-6,27-28H,7-20H2,1-2H3. The molecule has 0 atom stereocenters. The summed E-state index contributed by atoms with van der Waals surface area (Å²) in [7, 11) is 3.26. The van der Waals surface area contributed by atoms with Crippen LogP contribution in [0.3, 0.4) is 0 Å². The third-order valence-electron chi connectivity index (χ3n) is 5.23. The van der Waals surface area contributed by atoms with Gasteiger partial charge in [-0.25, -0.2) is 0 Å². The van der Waals surface area contributed by atoms with Crippen LogP contribution in [0.5, 0.6) is 11.5 Å². The number of aliphatic hydroxyl groups is 2. The largest absolute Gasteiger partial charge is 0.491 e. The first kappa shape index (κ1) is 30.2. The molecule has 10 nitrogen and oxygen atoms in total. The van der Waals surface area contributed by atoms with Crippen LogP contribution >= 0.6 is 0 Å². The molecule has 10 heteroatoms. The molecule has 0 aliphatic rings. The second-order valence-electron chi connectivity index (χ2n) is 7.63. The molecule has 0 amide bonds. The Morgan fingerprint density at radius 2 is 0.806 bits per heavy atom. The molecule has 0 radical (unpaired) electrons. The lowest BCUT2D eigenvalue weighted by atomic mass is 9.99. The van der Waals surface area contributed by atoms with E-state index in [0.717, 1.165) is 10.8 Å². The van der Waals surface area contributed by atoms with E-state index in [1.54, 1.807) is 26.4 Å². The molecule has 0 heterocycles. The Morgan fingerprint density at radius 3 is 1.14 bits per heavy atom. The maximum absolute atomic E-state index is 10.0. The molecule has 36 heavy (non-hydrogen) atoms. The second kappa shape index (κ2) is 19.1. The SMILES string of the molecule is COCCOCCOCCOc1ccc2c(CO)c(OCCOCCOCCOC)ccc2c1CO. The summed E-state index contributed by atoms with van der Waals surface area (Å²) in [6.45, 7) is 5.16. The van der Waals surface area contributed by atoms with Crippen molar-refractivity contribution in [2.24, 2.45) is 0 Å². The van der Waals surface area contributed by atoms with Crippen LogP contribution in [0.1, 0.15) is 11.1 Å². The lowest BCUT2D eigenvalue weighted by Crippen LogP contribution is -2.13. The van der Waals surface area contributed by atoms with Gasteiger partial charge in [-0.2, -0.15) is 0 Å². The summed E-state index contributed by atoms with van der Waals surface area (Å²) >= 11 is 0. The Bertz CT molecular complexity index is 776. The Morgan fingerprint density at radius 1 is 0.472 bits per heavy atom. The van der Waals surface area contributed by atoms with E-state index in [1.807, 2.05) is 12.1 Å². The normalized spacial score (nSPS) is 11.3. The summed E-state index contributed by atoms with van der Waals surface area (Å²) in [4.78, 5) is 0. The quantitative estimate of drug-likeness (QED) is 0.227. The van der Waals surface area contributed by atoms with Crippen molar-refractivity contribution in [2.75, 3.05) is 93.5 Å². The molecule has 0 unspecified atom stereocenters. The van der Waals surface area contributed by atoms with Crippen LogP contribution in [-0.4, -0.2) is 104 Å². The zero-order valence-electron chi connectivity index (χ0n) is 21.4. The van der Waals surface area contributed by atoms with Crippen LogP contribution in [-0.2, 0) is 41.6 Å². The highest BCUT2D eigenvalue weighted by molar-refractivity contribution is 5.92. The molecule has 0 saturated heterocycles. The van der Waals surface area contributed by atoms with Gasteiger partial charge in [-0.3, -0.25) is 0 Å². The van der Waals surface area contributed by atoms with Gasteiger partial charge in [0.1, 0.15) is 24.7 Å². The predicted molar refractivity (Wildman–Crippen MR) is 134 cm³/mol. The lowest BCUT2D eigenvalue weighted by Gasteiger charge is -2.17. The monoisotopic (exact) mass is 512 g/mol. The number of fused-ring (bicyclic) bond motifs is 1. The summed E-state index contributed by atoms with van der Waals surface area (Å²) in [5.74, 6) is 1.15. The summed E-state index contributed by atoms with van der Waals surface area (Å²) in [5.41, 5.74) is 1.29. The van der Waals surface area contributed by atoms with Gasteiger partial charge in [0.25, 0.3) is 0 Å². The van der Waals surface area contributed by atoms with Gasteiger partial charge in [0.05, 0.1) is 79.3 Å². The van der Waals surface area contributed by atoms with Crippen molar-refractivity contribution in [3.05, 3.63) is 35.4 Å². The minimum Gasteiger partial charge on any atom is -0.491 e. The van der Waals surface area contributed by atoms with Crippen LogP contribution < -0.4 is 9.47 Å². The first-order valence-corrected chi connectivity index (χ1v) is 12.1. The summed E-state index contributed by atoms with van der Waals surface area (Å²) in [6, 6.07) is 7.30. The smallest absolute Gasteiger partial charge is 0.125 e. The van der Waals surface area contributed by atoms with Gasteiger partial charge in [0, 0.05) is 25.3 Å². The number of hydrogen-bond donors (Lipinski definition) is 2. The number of methoxy groups -OCH3 is 2. The van der Waals surface area contributed by atoms with E-state index in [4.69, 9.17) is 37.9 Å². The van der Waals surface area contributed by atoms with Crippen molar-refractivity contribution >= 4 is 10.8 Å². The van der Waals surface area contributed by atoms with Crippen LogP contribution in [0.25, 0.3) is 10.8 Å². The molecular weight excluding hydrogens is 472 g/mol. The zero-order chi connectivity index (χ0) is 25.8. The van der Waals surface area contributed by atoms with Crippen LogP contribution in [0.15, 0.2) is 24.3 Å². The summed E-state index contributed by atoms with van der Waals surface area (Å²) < 4.78 is 43.2. The highest BCUT2D eigenvalue weighted by Crippen LogP contribution is 2.34. The minimum atomic E-state index is -0.202. The van der Waals surface area contributed by atoms with Gasteiger partial charge in [-0.15, -0.1) is 0 Å². The van der Waals surface area contributed by atoms with E-state index in [0.29, 0.717) is 102 Å². The number of benzene rings is 2. The van der Waals surface area contributed by atoms with Crippen molar-refractivity contribution in [3.63, 3.8) is 0 Å². The number of rotatable bonds is 22. The van der Waals surface area contributed by atoms with Gasteiger partial charge >= 0.3 is 0 Å². The molecule has 0 saturated carbocycles. The van der Waals surface area contributed by atoms with Crippen molar-refractivity contribution in [1.29, 1.82) is 0 Å². The molecular formula is C26H40O10. The zero-order valence-corrected chi connectivity index (χ0v) is 21.4. The maximum atomic E-state index is 10.0. The second-order valence-corrected chi connectivity index (χ2v) is 7.63. The molecule has 0 aliphatic heterocycles. The fourth-order valence-electron chi connectivity index (χ4n) is 3.44. The highest BCUT2D eigenvalue weighted by Gasteiger charge is 2.14. The molecule has 0 spiro atoms. The maximum Gasteiger partial charge on any atom is 0.125 e. The molecule has 2 rings (SSSR count). The average Bonchev–Trinajstić information content (AvgIpc) is 2.90. The van der Waals surface area contributed by atoms with Gasteiger partial charge in [-0.1, -0.05) is 12.1 Å². The highest BCUT2D eigenvalue weighted by atomic mass is 16.6. The molecule has 2 aromatic carbocycles. The molecule has 2 aromatic rings. The number of aliphatic hydroxyl groups excluding tert-OH is 2. The Labute approximate surface area is 212 Å². The Balaban J connectivity index is 1.85. The van der Waals surface area contributed by atoms with E-state index in [9.17, 15) is 10.2 Å². The molecule has 0 bridgehead atoms. The van der Waals surface area contributed by atoms with Crippen molar-refractivity contribution in [2.45, 2.75) is 13.2 Å². The van der Waals surface area contributed by atoms with E-state index in [2.05, 4.69) is 0 Å². The first-order chi connectivity index (χ1) is 17.8. The minimum absolute atomic E-state index is 0.202. The Hall–Kier alpha value is -2.02. The van der Waals surface area contributed by atoms with Crippen molar-refractivity contribution in [1.82, 2.24) is 0 Å². The van der Waals surface area contributed by atoms with Crippen LogP contribution in [0.2, 0.25) is 0 Å². The van der Waals surface area contributed by atoms with Gasteiger partial charge in [0.2, 0.25) is 0 Å². The fourth-order valence-corrected chi connectivity index (χ4v) is 3.44. The van der Waals surface area contributed by atoms with E-state index < -0.39 is 0 Å². The third-order valence-corrected chi connectivity index (χ3v) is 5.23. The average molecular weight is 513 g/mol. The summed E-state index contributed by atoms with van der Waals surface area (Å²) in [6.07, 6.45) is 0. The fraction of sp³-hybridized carbons (Fsp3) is 0.615. The first-order valence-electron chi connectivity index (χ1n) is 12.1. The topological polar surface area (TPSA) is 114 Å². The van der Waals surface area contributed by atoms with E-state index in [-0.39, 0.29) is 13.2 Å².